The van der Waals surface area contributed by atoms with Crippen LogP contribution in [0.5, 0.6) is 0 Å². The summed E-state index contributed by atoms with van der Waals surface area (Å²) in [6.07, 6.45) is 5.12. The summed E-state index contributed by atoms with van der Waals surface area (Å²) < 4.78 is 32.5. The number of rotatable bonds is 4. The van der Waals surface area contributed by atoms with Gasteiger partial charge in [-0.2, -0.15) is 0 Å². The molecule has 1 heterocycles. The molecule has 1 N–H and O–H groups in total. The molecule has 0 saturated heterocycles. The highest BCUT2D eigenvalue weighted by Gasteiger charge is 2.27. The third-order valence-corrected chi connectivity index (χ3v) is 5.84. The van der Waals surface area contributed by atoms with Crippen LogP contribution in [0, 0.1) is 5.92 Å². The predicted molar refractivity (Wildman–Crippen MR) is 78.2 cm³/mol. The van der Waals surface area contributed by atoms with Crippen LogP contribution >= 0.6 is 0 Å². The zero-order valence-electron chi connectivity index (χ0n) is 11.9. The van der Waals surface area contributed by atoms with Crippen molar-refractivity contribution in [2.45, 2.75) is 50.0 Å². The van der Waals surface area contributed by atoms with E-state index in [1.54, 1.807) is 12.1 Å². The second-order valence-electron chi connectivity index (χ2n) is 5.64. The van der Waals surface area contributed by atoms with E-state index in [0.717, 1.165) is 31.6 Å². The summed E-state index contributed by atoms with van der Waals surface area (Å²) >= 11 is 0. The summed E-state index contributed by atoms with van der Waals surface area (Å²) in [6, 6.07) is 4.87. The Morgan fingerprint density at radius 3 is 2.71 bits per heavy atom. The molecule has 3 rings (SSSR count). The van der Waals surface area contributed by atoms with Gasteiger partial charge in [0.2, 0.25) is 10.0 Å². The molecule has 1 fully saturated rings. The summed E-state index contributed by atoms with van der Waals surface area (Å²) in [4.78, 5) is 0.138. The van der Waals surface area contributed by atoms with Crippen molar-refractivity contribution in [2.75, 3.05) is 0 Å². The van der Waals surface area contributed by atoms with E-state index in [4.69, 9.17) is 0 Å². The summed E-state index contributed by atoms with van der Waals surface area (Å²) in [5.41, 5.74) is 0.736. The fraction of sp³-hybridized carbons (Fsp3) is 0.571. The van der Waals surface area contributed by atoms with E-state index in [1.807, 2.05) is 0 Å². The summed E-state index contributed by atoms with van der Waals surface area (Å²) in [6.45, 7) is 2.19. The molecule has 6 nitrogen and oxygen atoms in total. The third kappa shape index (κ3) is 2.94. The van der Waals surface area contributed by atoms with Crippen LogP contribution in [-0.4, -0.2) is 24.8 Å². The standard InChI is InChI=1S/C14H19N3O3S/c1-2-10-6-8-11(9-7-10)17-21(18,19)13-5-3-4-12-14(13)16-20-15-12/h3-5,10-11,17H,2,6-9H2,1H3. The van der Waals surface area contributed by atoms with E-state index in [2.05, 4.69) is 26.6 Å². The first-order chi connectivity index (χ1) is 10.1. The monoisotopic (exact) mass is 309 g/mol. The van der Waals surface area contributed by atoms with E-state index >= 15 is 0 Å². The number of benzene rings is 1. The van der Waals surface area contributed by atoms with Crippen molar-refractivity contribution in [1.29, 1.82) is 0 Å². The zero-order chi connectivity index (χ0) is 14.9. The highest BCUT2D eigenvalue weighted by Crippen LogP contribution is 2.28. The molecule has 1 aliphatic rings. The molecule has 1 saturated carbocycles. The van der Waals surface area contributed by atoms with E-state index in [1.165, 1.54) is 12.5 Å². The maximum Gasteiger partial charge on any atom is 0.243 e. The topological polar surface area (TPSA) is 85.1 Å². The lowest BCUT2D eigenvalue weighted by atomic mass is 9.85. The quantitative estimate of drug-likeness (QED) is 0.937. The minimum Gasteiger partial charge on any atom is -0.243 e. The van der Waals surface area contributed by atoms with Gasteiger partial charge in [0.25, 0.3) is 0 Å². The van der Waals surface area contributed by atoms with Crippen LogP contribution < -0.4 is 4.72 Å². The maximum absolute atomic E-state index is 12.5. The Bertz CT molecular complexity index is 718. The van der Waals surface area contributed by atoms with Crippen LogP contribution in [-0.2, 0) is 10.0 Å². The Hall–Kier alpha value is -1.47. The Labute approximate surface area is 123 Å². The van der Waals surface area contributed by atoms with Crippen LogP contribution in [0.1, 0.15) is 39.0 Å². The van der Waals surface area contributed by atoms with Crippen molar-refractivity contribution in [1.82, 2.24) is 15.0 Å². The Morgan fingerprint density at radius 1 is 1.24 bits per heavy atom. The van der Waals surface area contributed by atoms with Crippen LogP contribution in [0.4, 0.5) is 0 Å². The van der Waals surface area contributed by atoms with Gasteiger partial charge in [-0.15, -0.1) is 0 Å². The summed E-state index contributed by atoms with van der Waals surface area (Å²) in [5, 5.41) is 7.38. The number of fused-ring (bicyclic) bond motifs is 1. The maximum atomic E-state index is 12.5. The Balaban J connectivity index is 1.80. The largest absolute Gasteiger partial charge is 0.243 e. The number of nitrogens with one attached hydrogen (secondary N) is 1. The third-order valence-electron chi connectivity index (χ3n) is 4.28. The van der Waals surface area contributed by atoms with Crippen molar-refractivity contribution in [3.05, 3.63) is 18.2 Å². The lowest BCUT2D eigenvalue weighted by Gasteiger charge is -2.28. The van der Waals surface area contributed by atoms with Gasteiger partial charge in [-0.05, 0) is 54.0 Å². The van der Waals surface area contributed by atoms with Crippen molar-refractivity contribution in [3.63, 3.8) is 0 Å². The molecular weight excluding hydrogens is 290 g/mol. The molecule has 0 radical (unpaired) electrons. The minimum atomic E-state index is -3.59. The first-order valence-corrected chi connectivity index (χ1v) is 8.82. The van der Waals surface area contributed by atoms with Crippen molar-refractivity contribution in [2.24, 2.45) is 5.92 Å². The van der Waals surface area contributed by atoms with Crippen molar-refractivity contribution in [3.8, 4) is 0 Å². The highest BCUT2D eigenvalue weighted by molar-refractivity contribution is 7.89. The molecule has 0 bridgehead atoms. The van der Waals surface area contributed by atoms with Gasteiger partial charge >= 0.3 is 0 Å². The molecule has 1 aromatic carbocycles. The van der Waals surface area contributed by atoms with Crippen LogP contribution in [0.2, 0.25) is 0 Å². The zero-order valence-corrected chi connectivity index (χ0v) is 12.8. The average Bonchev–Trinajstić information content (AvgIpc) is 2.95. The van der Waals surface area contributed by atoms with Gasteiger partial charge in [-0.25, -0.2) is 17.8 Å². The number of sulfonamides is 1. The van der Waals surface area contributed by atoms with E-state index in [-0.39, 0.29) is 16.5 Å². The van der Waals surface area contributed by atoms with Gasteiger partial charge in [0.1, 0.15) is 10.4 Å². The molecule has 2 aromatic rings. The average molecular weight is 309 g/mol. The number of hydrogen-bond acceptors (Lipinski definition) is 5. The molecule has 7 heteroatoms. The Morgan fingerprint density at radius 2 is 2.00 bits per heavy atom. The fourth-order valence-electron chi connectivity index (χ4n) is 2.97. The fourth-order valence-corrected chi connectivity index (χ4v) is 4.43. The number of hydrogen-bond donors (Lipinski definition) is 1. The van der Waals surface area contributed by atoms with Gasteiger partial charge in [-0.3, -0.25) is 0 Å². The number of aromatic nitrogens is 2. The minimum absolute atomic E-state index is 0.00733. The molecule has 114 valence electrons. The molecular formula is C14H19N3O3S. The van der Waals surface area contributed by atoms with Crippen LogP contribution in [0.15, 0.2) is 27.7 Å². The van der Waals surface area contributed by atoms with Gasteiger partial charge in [-0.1, -0.05) is 19.4 Å². The second-order valence-corrected chi connectivity index (χ2v) is 7.32. The molecule has 0 amide bonds. The molecule has 1 aromatic heterocycles. The molecule has 1 aliphatic carbocycles. The van der Waals surface area contributed by atoms with Crippen molar-refractivity contribution >= 4 is 21.1 Å². The predicted octanol–water partition coefficient (Wildman–Crippen LogP) is 2.47. The second kappa shape index (κ2) is 5.73. The van der Waals surface area contributed by atoms with Gasteiger partial charge in [0.15, 0.2) is 5.52 Å². The first-order valence-electron chi connectivity index (χ1n) is 7.33. The van der Waals surface area contributed by atoms with E-state index in [9.17, 15) is 8.42 Å². The normalized spacial score (nSPS) is 23.5. The van der Waals surface area contributed by atoms with Crippen molar-refractivity contribution < 1.29 is 13.0 Å². The SMILES string of the molecule is CCC1CCC(NS(=O)(=O)c2cccc3nonc23)CC1. The van der Waals surface area contributed by atoms with E-state index in [0.29, 0.717) is 5.52 Å². The lowest BCUT2D eigenvalue weighted by Crippen LogP contribution is -2.37. The summed E-state index contributed by atoms with van der Waals surface area (Å²) in [7, 11) is -3.59. The molecule has 0 unspecified atom stereocenters. The molecule has 0 spiro atoms. The smallest absolute Gasteiger partial charge is 0.243 e. The van der Waals surface area contributed by atoms with Gasteiger partial charge in [0.05, 0.1) is 0 Å². The summed E-state index contributed by atoms with van der Waals surface area (Å²) in [5.74, 6) is 0.730. The highest BCUT2D eigenvalue weighted by atomic mass is 32.2. The van der Waals surface area contributed by atoms with Crippen LogP contribution in [0.25, 0.3) is 11.0 Å². The number of nitrogens with zero attached hydrogens (tertiary/aromatic N) is 2. The Kier molecular flexibility index (Phi) is 3.95. The van der Waals surface area contributed by atoms with E-state index < -0.39 is 10.0 Å². The van der Waals surface area contributed by atoms with Gasteiger partial charge in [0, 0.05) is 6.04 Å². The molecule has 0 aliphatic heterocycles. The van der Waals surface area contributed by atoms with Gasteiger partial charge < -0.3 is 0 Å². The lowest BCUT2D eigenvalue weighted by molar-refractivity contribution is 0.306. The van der Waals surface area contributed by atoms with Crippen LogP contribution in [0.3, 0.4) is 0 Å². The molecule has 0 atom stereocenters. The molecule has 21 heavy (non-hydrogen) atoms. The first kappa shape index (κ1) is 14.5.